The highest BCUT2D eigenvalue weighted by atomic mass is 16.4. The Bertz CT molecular complexity index is 480. The third-order valence-corrected chi connectivity index (χ3v) is 2.06. The lowest BCUT2D eigenvalue weighted by Crippen LogP contribution is -2.09. The van der Waals surface area contributed by atoms with Crippen LogP contribution in [0.4, 0.5) is 0 Å². The van der Waals surface area contributed by atoms with Gasteiger partial charge in [-0.3, -0.25) is 0 Å². The molecule has 0 atom stereocenters. The number of carboxylic acids is 2. The molecule has 0 saturated carbocycles. The summed E-state index contributed by atoms with van der Waals surface area (Å²) < 4.78 is 0. The normalized spacial score (nSPS) is 9.33. The fraction of sp³-hybridized carbons (Fsp3) is 0.0909. The van der Waals surface area contributed by atoms with E-state index in [1.807, 2.05) is 0 Å². The van der Waals surface area contributed by atoms with E-state index in [9.17, 15) is 9.59 Å². The quantitative estimate of drug-likeness (QED) is 0.713. The molecule has 0 saturated heterocycles. The zero-order chi connectivity index (χ0) is 11.6. The maximum absolute atomic E-state index is 10.9. The smallest absolute Gasteiger partial charge is 0.337 e. The van der Waals surface area contributed by atoms with Crippen molar-refractivity contribution >= 4 is 11.9 Å². The fourth-order valence-electron chi connectivity index (χ4n) is 1.34. The molecule has 0 radical (unpaired) electrons. The molecule has 0 aliphatic carbocycles. The molecule has 0 aromatic heterocycles. The van der Waals surface area contributed by atoms with Crippen molar-refractivity contribution in [3.63, 3.8) is 0 Å². The highest BCUT2D eigenvalue weighted by molar-refractivity contribution is 5.98. The lowest BCUT2D eigenvalue weighted by atomic mass is 9.97. The van der Waals surface area contributed by atoms with Gasteiger partial charge in [0.2, 0.25) is 0 Å². The van der Waals surface area contributed by atoms with Gasteiger partial charge in [0.05, 0.1) is 11.1 Å². The molecule has 1 aromatic carbocycles. The molecule has 0 amide bonds. The maximum atomic E-state index is 10.9. The molecule has 0 heterocycles. The minimum atomic E-state index is -1.22. The van der Waals surface area contributed by atoms with Gasteiger partial charge in [-0.05, 0) is 24.6 Å². The fourth-order valence-corrected chi connectivity index (χ4v) is 1.34. The minimum Gasteiger partial charge on any atom is -0.478 e. The Morgan fingerprint density at radius 1 is 1.27 bits per heavy atom. The number of hydrogen-bond acceptors (Lipinski definition) is 2. The summed E-state index contributed by atoms with van der Waals surface area (Å²) in [7, 11) is 0. The van der Waals surface area contributed by atoms with Crippen LogP contribution in [0.5, 0.6) is 0 Å². The van der Waals surface area contributed by atoms with Crippen molar-refractivity contribution in [2.45, 2.75) is 6.92 Å². The molecule has 4 nitrogen and oxygen atoms in total. The Kier molecular flexibility index (Phi) is 2.77. The third-order valence-electron chi connectivity index (χ3n) is 2.06. The van der Waals surface area contributed by atoms with Crippen molar-refractivity contribution in [2.24, 2.45) is 0 Å². The molecular weight excluding hydrogens is 196 g/mol. The van der Waals surface area contributed by atoms with E-state index in [1.165, 1.54) is 19.1 Å². The largest absolute Gasteiger partial charge is 0.478 e. The highest BCUT2D eigenvalue weighted by Crippen LogP contribution is 2.18. The highest BCUT2D eigenvalue weighted by Gasteiger charge is 2.18. The van der Waals surface area contributed by atoms with Gasteiger partial charge in [-0.1, -0.05) is 5.92 Å². The van der Waals surface area contributed by atoms with Crippen molar-refractivity contribution in [3.05, 3.63) is 34.4 Å². The molecule has 15 heavy (non-hydrogen) atoms. The summed E-state index contributed by atoms with van der Waals surface area (Å²) in [4.78, 5) is 21.6. The average molecular weight is 204 g/mol. The number of benzene rings is 1. The first-order chi connectivity index (χ1) is 6.99. The summed E-state index contributed by atoms with van der Waals surface area (Å²) in [6.07, 6.45) is 5.12. The Labute approximate surface area is 86.2 Å². The standard InChI is InChI=1S/C11H8O4/c1-3-7-4-5-8(10(12)13)6(2)9(7)11(14)15/h1,4-5H,2H3,(H,12,13)(H,14,15). The molecule has 2 N–H and O–H groups in total. The van der Waals surface area contributed by atoms with Crippen molar-refractivity contribution in [1.29, 1.82) is 0 Å². The zero-order valence-corrected chi connectivity index (χ0v) is 7.94. The third kappa shape index (κ3) is 1.81. The van der Waals surface area contributed by atoms with Crippen molar-refractivity contribution in [3.8, 4) is 12.3 Å². The van der Waals surface area contributed by atoms with E-state index in [2.05, 4.69) is 5.92 Å². The predicted octanol–water partition coefficient (Wildman–Crippen LogP) is 1.37. The number of rotatable bonds is 2. The second-order valence-corrected chi connectivity index (χ2v) is 2.92. The Balaban J connectivity index is 3.58. The summed E-state index contributed by atoms with van der Waals surface area (Å²) in [5.74, 6) is -0.177. The van der Waals surface area contributed by atoms with E-state index in [-0.39, 0.29) is 22.3 Å². The molecule has 0 spiro atoms. The number of carbonyl (C=O) groups is 2. The van der Waals surface area contributed by atoms with E-state index in [0.717, 1.165) is 0 Å². The summed E-state index contributed by atoms with van der Waals surface area (Å²) in [6.45, 7) is 1.42. The monoisotopic (exact) mass is 204 g/mol. The first-order valence-corrected chi connectivity index (χ1v) is 4.05. The molecule has 0 aliphatic heterocycles. The van der Waals surface area contributed by atoms with Crippen molar-refractivity contribution in [2.75, 3.05) is 0 Å². The van der Waals surface area contributed by atoms with E-state index in [0.29, 0.717) is 0 Å². The molecule has 0 fully saturated rings. The predicted molar refractivity (Wildman–Crippen MR) is 53.0 cm³/mol. The lowest BCUT2D eigenvalue weighted by Gasteiger charge is -2.06. The maximum Gasteiger partial charge on any atom is 0.337 e. The van der Waals surface area contributed by atoms with Crippen LogP contribution in [0.15, 0.2) is 12.1 Å². The molecule has 0 unspecified atom stereocenters. The van der Waals surface area contributed by atoms with E-state index in [1.54, 1.807) is 0 Å². The van der Waals surface area contributed by atoms with Crippen LogP contribution in [-0.2, 0) is 0 Å². The van der Waals surface area contributed by atoms with Crippen molar-refractivity contribution < 1.29 is 19.8 Å². The lowest BCUT2D eigenvalue weighted by molar-refractivity contribution is 0.0695. The molecule has 1 rings (SSSR count). The SMILES string of the molecule is C#Cc1ccc(C(=O)O)c(C)c1C(=O)O. The van der Waals surface area contributed by atoms with Crippen LogP contribution in [0.25, 0.3) is 0 Å². The average Bonchev–Trinajstić information content (AvgIpc) is 2.15. The summed E-state index contributed by atoms with van der Waals surface area (Å²) in [5, 5.41) is 17.7. The van der Waals surface area contributed by atoms with Crippen LogP contribution >= 0.6 is 0 Å². The Hall–Kier alpha value is -2.28. The van der Waals surface area contributed by atoms with Crippen LogP contribution in [-0.4, -0.2) is 22.2 Å². The van der Waals surface area contributed by atoms with Gasteiger partial charge < -0.3 is 10.2 Å². The van der Waals surface area contributed by atoms with E-state index >= 15 is 0 Å². The first-order valence-electron chi connectivity index (χ1n) is 4.05. The van der Waals surface area contributed by atoms with Gasteiger partial charge in [0.1, 0.15) is 0 Å². The summed E-state index contributed by atoms with van der Waals surface area (Å²) >= 11 is 0. The summed E-state index contributed by atoms with van der Waals surface area (Å²) in [6, 6.07) is 2.62. The molecule has 0 bridgehead atoms. The first kappa shape index (κ1) is 10.8. The van der Waals surface area contributed by atoms with Crippen LogP contribution in [0, 0.1) is 19.3 Å². The molecule has 76 valence electrons. The van der Waals surface area contributed by atoms with Gasteiger partial charge >= 0.3 is 11.9 Å². The van der Waals surface area contributed by atoms with Gasteiger partial charge in [-0.25, -0.2) is 9.59 Å². The minimum absolute atomic E-state index is 0.0496. The van der Waals surface area contributed by atoms with Gasteiger partial charge in [0, 0.05) is 5.56 Å². The molecule has 0 aliphatic rings. The summed E-state index contributed by atoms with van der Waals surface area (Å²) in [5.41, 5.74) is 0.180. The van der Waals surface area contributed by atoms with Crippen LogP contribution in [0.2, 0.25) is 0 Å². The number of carboxylic acid groups (broad SMARTS) is 2. The van der Waals surface area contributed by atoms with E-state index < -0.39 is 11.9 Å². The Morgan fingerprint density at radius 2 is 1.87 bits per heavy atom. The number of hydrogen-bond donors (Lipinski definition) is 2. The number of aromatic carboxylic acids is 2. The van der Waals surface area contributed by atoms with E-state index in [4.69, 9.17) is 16.6 Å². The second-order valence-electron chi connectivity index (χ2n) is 2.92. The van der Waals surface area contributed by atoms with Gasteiger partial charge in [0.15, 0.2) is 0 Å². The molecule has 1 aromatic rings. The second kappa shape index (κ2) is 3.84. The van der Waals surface area contributed by atoms with Crippen LogP contribution < -0.4 is 0 Å². The van der Waals surface area contributed by atoms with Crippen LogP contribution in [0.1, 0.15) is 31.8 Å². The zero-order valence-electron chi connectivity index (χ0n) is 7.94. The molecular formula is C11H8O4. The topological polar surface area (TPSA) is 74.6 Å². The molecule has 4 heteroatoms. The van der Waals surface area contributed by atoms with Crippen LogP contribution in [0.3, 0.4) is 0 Å². The van der Waals surface area contributed by atoms with Gasteiger partial charge in [0.25, 0.3) is 0 Å². The van der Waals surface area contributed by atoms with Gasteiger partial charge in [-0.15, -0.1) is 6.42 Å². The Morgan fingerprint density at radius 3 is 2.27 bits per heavy atom. The van der Waals surface area contributed by atoms with Gasteiger partial charge in [-0.2, -0.15) is 0 Å². The number of terminal acetylenes is 1. The van der Waals surface area contributed by atoms with Crippen molar-refractivity contribution in [1.82, 2.24) is 0 Å².